The van der Waals surface area contributed by atoms with Crippen LogP contribution in [0.4, 0.5) is 0 Å². The highest BCUT2D eigenvalue weighted by atomic mass is 16.2. The van der Waals surface area contributed by atoms with Gasteiger partial charge in [-0.1, -0.05) is 19.1 Å². The van der Waals surface area contributed by atoms with E-state index in [1.165, 1.54) is 13.3 Å². The van der Waals surface area contributed by atoms with E-state index in [4.69, 9.17) is 0 Å². The number of rotatable bonds is 6. The Balaban J connectivity index is 1.68. The molecule has 0 radical (unpaired) electrons. The van der Waals surface area contributed by atoms with Crippen LogP contribution in [0.3, 0.4) is 0 Å². The molecule has 1 aliphatic heterocycles. The smallest absolute Gasteiger partial charge is 0.256 e. The minimum absolute atomic E-state index is 0.0177. The molecule has 1 aromatic heterocycles. The summed E-state index contributed by atoms with van der Waals surface area (Å²) in [5.41, 5.74) is 1.26. The van der Waals surface area contributed by atoms with Crippen LogP contribution in [0.5, 0.6) is 0 Å². The Kier molecular flexibility index (Phi) is 6.58. The van der Waals surface area contributed by atoms with E-state index < -0.39 is 0 Å². The molecule has 1 aliphatic rings. The Morgan fingerprint density at radius 2 is 2.03 bits per heavy atom. The fourth-order valence-corrected chi connectivity index (χ4v) is 3.64. The van der Waals surface area contributed by atoms with Gasteiger partial charge in [-0.25, -0.2) is 9.67 Å². The van der Waals surface area contributed by atoms with Gasteiger partial charge in [0.2, 0.25) is 11.8 Å². The van der Waals surface area contributed by atoms with Gasteiger partial charge in [0.05, 0.1) is 17.8 Å². The number of carbonyl (C=O) groups is 3. The number of hydrogen-bond donors (Lipinski definition) is 2. The quantitative estimate of drug-likeness (QED) is 0.747. The molecule has 1 saturated heterocycles. The van der Waals surface area contributed by atoms with Gasteiger partial charge < -0.3 is 15.5 Å². The lowest BCUT2D eigenvalue weighted by atomic mass is 9.89. The molecule has 0 aliphatic carbocycles. The summed E-state index contributed by atoms with van der Waals surface area (Å²) in [6.45, 7) is 4.51. The van der Waals surface area contributed by atoms with Gasteiger partial charge in [0.15, 0.2) is 0 Å². The predicted molar refractivity (Wildman–Crippen MR) is 106 cm³/mol. The third-order valence-corrected chi connectivity index (χ3v) is 5.19. The molecule has 0 bridgehead atoms. The van der Waals surface area contributed by atoms with Crippen molar-refractivity contribution in [2.24, 2.45) is 5.92 Å². The number of likely N-dealkylation sites (tertiary alicyclic amines) is 1. The van der Waals surface area contributed by atoms with E-state index in [2.05, 4.69) is 27.6 Å². The highest BCUT2D eigenvalue weighted by Gasteiger charge is 2.32. The van der Waals surface area contributed by atoms with Crippen molar-refractivity contribution < 1.29 is 14.4 Å². The number of hydrogen-bond acceptors (Lipinski definition) is 5. The Morgan fingerprint density at radius 1 is 1.24 bits per heavy atom. The fourth-order valence-electron chi connectivity index (χ4n) is 3.64. The molecule has 2 atom stereocenters. The summed E-state index contributed by atoms with van der Waals surface area (Å²) >= 11 is 0. The van der Waals surface area contributed by atoms with E-state index in [1.54, 1.807) is 17.1 Å². The van der Waals surface area contributed by atoms with Crippen molar-refractivity contribution in [2.45, 2.75) is 32.7 Å². The summed E-state index contributed by atoms with van der Waals surface area (Å²) in [5.74, 6) is -0.358. The van der Waals surface area contributed by atoms with Crippen molar-refractivity contribution in [3.63, 3.8) is 0 Å². The molecule has 0 spiro atoms. The SMILES string of the molecule is CC[C@@H]1CN(C(=O)c2ccccc2-n2cncn2)CC[C@@H]1NC(=O)CNC(C)=O. The molecule has 29 heavy (non-hydrogen) atoms. The number of nitrogens with one attached hydrogen (secondary N) is 2. The van der Waals surface area contributed by atoms with Crippen LogP contribution in [0.2, 0.25) is 0 Å². The van der Waals surface area contributed by atoms with E-state index in [0.29, 0.717) is 30.8 Å². The minimum Gasteiger partial charge on any atom is -0.351 e. The maximum absolute atomic E-state index is 13.2. The highest BCUT2D eigenvalue weighted by molar-refractivity contribution is 5.97. The van der Waals surface area contributed by atoms with Crippen LogP contribution in [0, 0.1) is 5.92 Å². The normalized spacial score (nSPS) is 18.9. The standard InChI is InChI=1S/C20H26N6O3/c1-3-15-11-25(9-8-17(15)24-19(28)10-22-14(2)27)20(29)16-6-4-5-7-18(16)26-13-21-12-23-26/h4-7,12-13,15,17H,3,8-11H2,1-2H3,(H,22,27)(H,24,28)/t15-,17+/m1/s1. The van der Waals surface area contributed by atoms with E-state index >= 15 is 0 Å². The molecule has 2 aromatic rings. The molecule has 9 nitrogen and oxygen atoms in total. The topological polar surface area (TPSA) is 109 Å². The fraction of sp³-hybridized carbons (Fsp3) is 0.450. The second-order valence-corrected chi connectivity index (χ2v) is 7.15. The first kappa shape index (κ1) is 20.5. The summed E-state index contributed by atoms with van der Waals surface area (Å²) in [5, 5.41) is 9.64. The van der Waals surface area contributed by atoms with Crippen molar-refractivity contribution in [1.82, 2.24) is 30.3 Å². The van der Waals surface area contributed by atoms with Crippen LogP contribution in [-0.4, -0.2) is 63.1 Å². The average Bonchev–Trinajstić information content (AvgIpc) is 3.27. The molecule has 0 unspecified atom stereocenters. The summed E-state index contributed by atoms with van der Waals surface area (Å²) in [7, 11) is 0. The van der Waals surface area contributed by atoms with Crippen LogP contribution in [0.25, 0.3) is 5.69 Å². The lowest BCUT2D eigenvalue weighted by molar-refractivity contribution is -0.125. The number of carbonyl (C=O) groups excluding carboxylic acids is 3. The average molecular weight is 398 g/mol. The van der Waals surface area contributed by atoms with Gasteiger partial charge in [-0.15, -0.1) is 0 Å². The summed E-state index contributed by atoms with van der Waals surface area (Å²) < 4.78 is 1.58. The van der Waals surface area contributed by atoms with Crippen LogP contribution in [-0.2, 0) is 9.59 Å². The number of para-hydroxylation sites is 1. The monoisotopic (exact) mass is 398 g/mol. The van der Waals surface area contributed by atoms with E-state index in [0.717, 1.165) is 6.42 Å². The Labute approximate surface area is 169 Å². The Hall–Kier alpha value is -3.23. The maximum Gasteiger partial charge on any atom is 0.256 e. The van der Waals surface area contributed by atoms with Crippen molar-refractivity contribution in [2.75, 3.05) is 19.6 Å². The zero-order valence-corrected chi connectivity index (χ0v) is 16.7. The first-order valence-electron chi connectivity index (χ1n) is 9.76. The van der Waals surface area contributed by atoms with E-state index in [1.807, 2.05) is 23.1 Å². The Bertz CT molecular complexity index is 867. The maximum atomic E-state index is 13.2. The number of benzene rings is 1. The van der Waals surface area contributed by atoms with Crippen molar-refractivity contribution >= 4 is 17.7 Å². The zero-order chi connectivity index (χ0) is 20.8. The molecule has 154 valence electrons. The van der Waals surface area contributed by atoms with Crippen LogP contribution >= 0.6 is 0 Å². The van der Waals surface area contributed by atoms with Gasteiger partial charge in [-0.2, -0.15) is 5.10 Å². The van der Waals surface area contributed by atoms with Crippen molar-refractivity contribution in [3.05, 3.63) is 42.5 Å². The molecule has 9 heteroatoms. The molecule has 1 aromatic carbocycles. The lowest BCUT2D eigenvalue weighted by Gasteiger charge is -2.38. The predicted octanol–water partition coefficient (Wildman–Crippen LogP) is 0.760. The van der Waals surface area contributed by atoms with Gasteiger partial charge in [0, 0.05) is 26.1 Å². The van der Waals surface area contributed by atoms with Crippen LogP contribution < -0.4 is 10.6 Å². The van der Waals surface area contributed by atoms with Gasteiger partial charge in [0.1, 0.15) is 12.7 Å². The second kappa shape index (κ2) is 9.31. The molecule has 3 rings (SSSR count). The highest BCUT2D eigenvalue weighted by Crippen LogP contribution is 2.23. The molecule has 0 saturated carbocycles. The third-order valence-electron chi connectivity index (χ3n) is 5.19. The minimum atomic E-state index is -0.237. The molecule has 3 amide bonds. The van der Waals surface area contributed by atoms with Crippen LogP contribution in [0.1, 0.15) is 37.0 Å². The molecular weight excluding hydrogens is 372 g/mol. The molecule has 2 N–H and O–H groups in total. The van der Waals surface area contributed by atoms with Gasteiger partial charge >= 0.3 is 0 Å². The number of nitrogens with zero attached hydrogens (tertiary/aromatic N) is 4. The first-order chi connectivity index (χ1) is 14.0. The Morgan fingerprint density at radius 3 is 2.72 bits per heavy atom. The number of aromatic nitrogens is 3. The summed E-state index contributed by atoms with van der Waals surface area (Å²) in [6.07, 6.45) is 4.50. The van der Waals surface area contributed by atoms with Crippen molar-refractivity contribution in [1.29, 1.82) is 0 Å². The van der Waals surface area contributed by atoms with Gasteiger partial charge in [-0.05, 0) is 30.9 Å². The third kappa shape index (κ3) is 4.98. The molecular formula is C20H26N6O3. The van der Waals surface area contributed by atoms with E-state index in [-0.39, 0.29) is 36.2 Å². The first-order valence-corrected chi connectivity index (χ1v) is 9.76. The van der Waals surface area contributed by atoms with Crippen molar-refractivity contribution in [3.8, 4) is 5.69 Å². The van der Waals surface area contributed by atoms with Crippen LogP contribution in [0.15, 0.2) is 36.9 Å². The number of piperidine rings is 1. The largest absolute Gasteiger partial charge is 0.351 e. The summed E-state index contributed by atoms with van der Waals surface area (Å²) in [6, 6.07) is 7.31. The van der Waals surface area contributed by atoms with E-state index in [9.17, 15) is 14.4 Å². The number of amides is 3. The summed E-state index contributed by atoms with van der Waals surface area (Å²) in [4.78, 5) is 42.1. The zero-order valence-electron chi connectivity index (χ0n) is 16.7. The molecule has 2 heterocycles. The van der Waals surface area contributed by atoms with Gasteiger partial charge in [0.25, 0.3) is 5.91 Å². The second-order valence-electron chi connectivity index (χ2n) is 7.15. The van der Waals surface area contributed by atoms with Gasteiger partial charge in [-0.3, -0.25) is 14.4 Å². The molecule has 1 fully saturated rings. The lowest BCUT2D eigenvalue weighted by Crippen LogP contribution is -2.53.